The van der Waals surface area contributed by atoms with E-state index in [1.54, 1.807) is 0 Å². The molecule has 0 spiro atoms. The molecule has 1 atom stereocenters. The molecule has 0 amide bonds. The van der Waals surface area contributed by atoms with Crippen molar-refractivity contribution in [3.05, 3.63) is 57.8 Å². The van der Waals surface area contributed by atoms with Crippen molar-refractivity contribution in [2.24, 2.45) is 0 Å². The Morgan fingerprint density at radius 3 is 2.61 bits per heavy atom. The number of aryl methyl sites for hydroxylation is 3. The summed E-state index contributed by atoms with van der Waals surface area (Å²) in [6.45, 7) is 1.35. The second kappa shape index (κ2) is 15.2. The van der Waals surface area contributed by atoms with Gasteiger partial charge in [-0.3, -0.25) is 4.98 Å². The smallest absolute Gasteiger partial charge is 0.326 e. The molecule has 1 aromatic heterocycles. The van der Waals surface area contributed by atoms with Gasteiger partial charge in [-0.15, -0.1) is 0 Å². The molecule has 0 unspecified atom stereocenters. The van der Waals surface area contributed by atoms with Crippen LogP contribution in [0.25, 0.3) is 0 Å². The standard InChI is InChI=1S/C27H36BrF2N3O3/c28-21-9-12-23(13-10-21)32-25(27(34)35)14-16-33(17-18-36-19-26(29)30)15-4-3-6-22-11-8-20-5-1-2-7-24(20)31-22/h8-13,25-26,32H,1-7,14-19H2,(H,34,35)/t25-/m0/s1. The van der Waals surface area contributed by atoms with E-state index >= 15 is 0 Å². The highest BCUT2D eigenvalue weighted by atomic mass is 79.9. The molecule has 0 aliphatic heterocycles. The Bertz CT molecular complexity index is 946. The normalized spacial score (nSPS) is 14.1. The molecule has 0 radical (unpaired) electrons. The Kier molecular flexibility index (Phi) is 12.0. The quantitative estimate of drug-likeness (QED) is 0.258. The van der Waals surface area contributed by atoms with Gasteiger partial charge in [0.05, 0.1) is 6.61 Å². The number of carbonyl (C=O) groups is 1. The van der Waals surface area contributed by atoms with Crippen LogP contribution in [0.1, 0.15) is 49.1 Å². The maximum atomic E-state index is 12.4. The van der Waals surface area contributed by atoms with E-state index in [0.717, 1.165) is 54.5 Å². The van der Waals surface area contributed by atoms with Crippen molar-refractivity contribution in [2.45, 2.75) is 63.8 Å². The molecule has 36 heavy (non-hydrogen) atoms. The maximum Gasteiger partial charge on any atom is 0.326 e. The lowest BCUT2D eigenvalue weighted by Crippen LogP contribution is -2.37. The number of carboxylic acids is 1. The topological polar surface area (TPSA) is 74.7 Å². The van der Waals surface area contributed by atoms with Crippen LogP contribution < -0.4 is 5.32 Å². The minimum atomic E-state index is -2.49. The fraction of sp³-hybridized carbons (Fsp3) is 0.556. The van der Waals surface area contributed by atoms with Crippen LogP contribution >= 0.6 is 15.9 Å². The Hall–Kier alpha value is -2.10. The predicted octanol–water partition coefficient (Wildman–Crippen LogP) is 5.58. The van der Waals surface area contributed by atoms with Crippen LogP contribution in [0.4, 0.5) is 14.5 Å². The number of alkyl halides is 2. The van der Waals surface area contributed by atoms with E-state index in [0.29, 0.717) is 19.5 Å². The number of unbranched alkanes of at least 4 members (excludes halogenated alkanes) is 1. The molecule has 1 aliphatic carbocycles. The molecule has 1 aliphatic rings. The van der Waals surface area contributed by atoms with E-state index in [1.165, 1.54) is 24.1 Å². The summed E-state index contributed by atoms with van der Waals surface area (Å²) in [4.78, 5) is 18.8. The molecule has 0 fully saturated rings. The van der Waals surface area contributed by atoms with E-state index < -0.39 is 25.0 Å². The fourth-order valence-electron chi connectivity index (χ4n) is 4.43. The summed E-state index contributed by atoms with van der Waals surface area (Å²) in [7, 11) is 0. The number of hydrogen-bond donors (Lipinski definition) is 2. The predicted molar refractivity (Wildman–Crippen MR) is 141 cm³/mol. The second-order valence-electron chi connectivity index (χ2n) is 9.21. The zero-order valence-electron chi connectivity index (χ0n) is 20.6. The summed E-state index contributed by atoms with van der Waals surface area (Å²) in [6.07, 6.45) is 5.29. The summed E-state index contributed by atoms with van der Waals surface area (Å²) in [6, 6.07) is 10.9. The van der Waals surface area contributed by atoms with E-state index in [9.17, 15) is 18.7 Å². The minimum Gasteiger partial charge on any atom is -0.480 e. The van der Waals surface area contributed by atoms with E-state index in [1.807, 2.05) is 24.3 Å². The number of benzene rings is 1. The third-order valence-electron chi connectivity index (χ3n) is 6.41. The van der Waals surface area contributed by atoms with E-state index in [2.05, 4.69) is 38.3 Å². The number of carboxylic acid groups (broad SMARTS) is 1. The number of pyridine rings is 1. The first-order chi connectivity index (χ1) is 17.4. The Labute approximate surface area is 220 Å². The van der Waals surface area contributed by atoms with Crippen molar-refractivity contribution in [1.82, 2.24) is 9.88 Å². The maximum absolute atomic E-state index is 12.4. The number of rotatable bonds is 16. The highest BCUT2D eigenvalue weighted by molar-refractivity contribution is 9.10. The Morgan fingerprint density at radius 2 is 1.86 bits per heavy atom. The number of halogens is 3. The number of anilines is 1. The van der Waals surface area contributed by atoms with Gasteiger partial charge in [0.2, 0.25) is 0 Å². The van der Waals surface area contributed by atoms with Crippen LogP contribution in [0.5, 0.6) is 0 Å². The van der Waals surface area contributed by atoms with Gasteiger partial charge in [0.25, 0.3) is 6.43 Å². The summed E-state index contributed by atoms with van der Waals surface area (Å²) < 4.78 is 30.9. The number of aliphatic carboxylic acids is 1. The van der Waals surface area contributed by atoms with Crippen LogP contribution in [0.15, 0.2) is 40.9 Å². The van der Waals surface area contributed by atoms with Crippen molar-refractivity contribution in [1.29, 1.82) is 0 Å². The van der Waals surface area contributed by atoms with Crippen molar-refractivity contribution in [2.75, 3.05) is 38.2 Å². The van der Waals surface area contributed by atoms with Crippen molar-refractivity contribution in [3.8, 4) is 0 Å². The molecule has 0 saturated heterocycles. The van der Waals surface area contributed by atoms with Crippen LogP contribution in [0, 0.1) is 0 Å². The summed E-state index contributed by atoms with van der Waals surface area (Å²) in [5.74, 6) is -0.926. The van der Waals surface area contributed by atoms with Gasteiger partial charge in [-0.25, -0.2) is 13.6 Å². The molecule has 9 heteroatoms. The number of hydrogen-bond acceptors (Lipinski definition) is 5. The SMILES string of the molecule is O=C(O)[C@H](CCN(CCCCc1ccc2c(n1)CCCC2)CCOCC(F)F)Nc1ccc(Br)cc1. The van der Waals surface area contributed by atoms with Gasteiger partial charge in [0.15, 0.2) is 0 Å². The van der Waals surface area contributed by atoms with Crippen molar-refractivity contribution in [3.63, 3.8) is 0 Å². The average Bonchev–Trinajstić information content (AvgIpc) is 2.87. The molecule has 0 saturated carbocycles. The van der Waals surface area contributed by atoms with Gasteiger partial charge < -0.3 is 20.1 Å². The third-order valence-corrected chi connectivity index (χ3v) is 6.93. The van der Waals surface area contributed by atoms with Crippen LogP contribution in [0.2, 0.25) is 0 Å². The highest BCUT2D eigenvalue weighted by Gasteiger charge is 2.19. The van der Waals surface area contributed by atoms with E-state index in [-0.39, 0.29) is 6.61 Å². The van der Waals surface area contributed by atoms with Crippen molar-refractivity contribution >= 4 is 27.6 Å². The molecule has 3 rings (SSSR count). The lowest BCUT2D eigenvalue weighted by atomic mass is 9.95. The average molecular weight is 569 g/mol. The minimum absolute atomic E-state index is 0.189. The molecule has 2 N–H and O–H groups in total. The lowest BCUT2D eigenvalue weighted by molar-refractivity contribution is -0.138. The van der Waals surface area contributed by atoms with Crippen LogP contribution in [-0.2, 0) is 28.8 Å². The zero-order valence-corrected chi connectivity index (χ0v) is 22.2. The second-order valence-corrected chi connectivity index (χ2v) is 10.1. The first kappa shape index (κ1) is 28.5. The number of nitrogens with zero attached hydrogens (tertiary/aromatic N) is 2. The highest BCUT2D eigenvalue weighted by Crippen LogP contribution is 2.20. The third kappa shape index (κ3) is 10.1. The first-order valence-corrected chi connectivity index (χ1v) is 13.5. The number of fused-ring (bicyclic) bond motifs is 1. The number of aromatic nitrogens is 1. The van der Waals surface area contributed by atoms with Gasteiger partial charge in [0.1, 0.15) is 12.6 Å². The molecule has 198 valence electrons. The Morgan fingerprint density at radius 1 is 1.08 bits per heavy atom. The first-order valence-electron chi connectivity index (χ1n) is 12.7. The van der Waals surface area contributed by atoms with Gasteiger partial charge >= 0.3 is 5.97 Å². The van der Waals surface area contributed by atoms with Crippen LogP contribution in [0.3, 0.4) is 0 Å². The lowest BCUT2D eigenvalue weighted by Gasteiger charge is -2.25. The summed E-state index contributed by atoms with van der Waals surface area (Å²) in [5.41, 5.74) is 4.47. The Balaban J connectivity index is 1.48. The molecule has 1 aromatic carbocycles. The zero-order chi connectivity index (χ0) is 25.8. The number of nitrogens with one attached hydrogen (secondary N) is 1. The monoisotopic (exact) mass is 567 g/mol. The molecule has 2 aromatic rings. The van der Waals surface area contributed by atoms with Gasteiger partial charge in [0, 0.05) is 34.6 Å². The molecule has 6 nitrogen and oxygen atoms in total. The van der Waals surface area contributed by atoms with Crippen molar-refractivity contribution < 1.29 is 23.4 Å². The van der Waals surface area contributed by atoms with Gasteiger partial charge in [-0.1, -0.05) is 22.0 Å². The molecule has 1 heterocycles. The fourth-order valence-corrected chi connectivity index (χ4v) is 4.69. The largest absolute Gasteiger partial charge is 0.480 e. The van der Waals surface area contributed by atoms with Gasteiger partial charge in [-0.2, -0.15) is 0 Å². The molecule has 0 bridgehead atoms. The summed E-state index contributed by atoms with van der Waals surface area (Å²) in [5, 5.41) is 12.8. The van der Waals surface area contributed by atoms with Gasteiger partial charge in [-0.05, 0) is 93.8 Å². The summed E-state index contributed by atoms with van der Waals surface area (Å²) >= 11 is 3.38. The molecular weight excluding hydrogens is 532 g/mol. The van der Waals surface area contributed by atoms with E-state index in [4.69, 9.17) is 9.72 Å². The molecular formula is C27H36BrF2N3O3. The van der Waals surface area contributed by atoms with Crippen LogP contribution in [-0.4, -0.2) is 66.3 Å². The number of ether oxygens (including phenoxy) is 1.